The molecule has 0 aromatic heterocycles. The molecule has 0 saturated carbocycles. The summed E-state index contributed by atoms with van der Waals surface area (Å²) in [6.45, 7) is 6.16. The summed E-state index contributed by atoms with van der Waals surface area (Å²) < 4.78 is 0. The van der Waals surface area contributed by atoms with Crippen LogP contribution in [0.3, 0.4) is 0 Å². The minimum absolute atomic E-state index is 0.693. The van der Waals surface area contributed by atoms with Gasteiger partial charge in [0, 0.05) is 0 Å². The normalized spacial score (nSPS) is 11.2. The quantitative estimate of drug-likeness (QED) is 0.503. The van der Waals surface area contributed by atoms with Crippen molar-refractivity contribution in [1.29, 1.82) is 0 Å². The molecule has 0 atom stereocenters. The van der Waals surface area contributed by atoms with Crippen molar-refractivity contribution >= 4 is 12.8 Å². The smallest absolute Gasteiger partial charge is 0.0632 e. The fourth-order valence-electron chi connectivity index (χ4n) is 1.14. The van der Waals surface area contributed by atoms with Crippen molar-refractivity contribution < 1.29 is 0 Å². The van der Waals surface area contributed by atoms with Crippen LogP contribution in [0.2, 0.25) is 0 Å². The van der Waals surface area contributed by atoms with E-state index in [-0.39, 0.29) is 0 Å². The van der Waals surface area contributed by atoms with Gasteiger partial charge in [0.2, 0.25) is 0 Å². The van der Waals surface area contributed by atoms with Crippen molar-refractivity contribution in [2.45, 2.75) is 13.5 Å². The van der Waals surface area contributed by atoms with Crippen molar-refractivity contribution in [3.8, 4) is 0 Å². The van der Waals surface area contributed by atoms with Crippen LogP contribution in [0.4, 0.5) is 0 Å². The van der Waals surface area contributed by atoms with Crippen molar-refractivity contribution in [3.05, 3.63) is 53.6 Å². The standard InChI is InChI=1S/C13H15N/c1-3-4-5-6-12-7-9-13(10-8-12)11-14-2/h3-10H,2,11H2,1H3/b4-3-,6-5-. The molecule has 14 heavy (non-hydrogen) atoms. The summed E-state index contributed by atoms with van der Waals surface area (Å²) in [5.74, 6) is 0. The third kappa shape index (κ3) is 3.40. The maximum atomic E-state index is 3.83. The first-order chi connectivity index (χ1) is 6.86. The molecule has 0 fully saturated rings. The molecule has 0 aliphatic rings. The Kier molecular flexibility index (Phi) is 4.42. The van der Waals surface area contributed by atoms with Crippen LogP contribution >= 0.6 is 0 Å². The van der Waals surface area contributed by atoms with Gasteiger partial charge in [0.15, 0.2) is 0 Å². The minimum atomic E-state index is 0.693. The van der Waals surface area contributed by atoms with E-state index in [9.17, 15) is 0 Å². The fraction of sp³-hybridized carbons (Fsp3) is 0.154. The van der Waals surface area contributed by atoms with E-state index in [1.54, 1.807) is 0 Å². The molecule has 0 unspecified atom stereocenters. The molecule has 0 saturated heterocycles. The van der Waals surface area contributed by atoms with E-state index < -0.39 is 0 Å². The van der Waals surface area contributed by atoms with E-state index >= 15 is 0 Å². The number of aliphatic imine (C=N–C) groups is 1. The molecule has 0 N–H and O–H groups in total. The van der Waals surface area contributed by atoms with E-state index in [0.717, 1.165) is 0 Å². The minimum Gasteiger partial charge on any atom is -0.296 e. The Morgan fingerprint density at radius 1 is 1.21 bits per heavy atom. The lowest BCUT2D eigenvalue weighted by molar-refractivity contribution is 1.08. The lowest BCUT2D eigenvalue weighted by Gasteiger charge is -1.96. The topological polar surface area (TPSA) is 12.4 Å². The van der Waals surface area contributed by atoms with Crippen molar-refractivity contribution in [1.82, 2.24) is 0 Å². The van der Waals surface area contributed by atoms with Crippen LogP contribution in [0.1, 0.15) is 18.1 Å². The van der Waals surface area contributed by atoms with Crippen LogP contribution in [0.15, 0.2) is 47.5 Å². The number of rotatable bonds is 4. The Morgan fingerprint density at radius 3 is 2.50 bits per heavy atom. The predicted octanol–water partition coefficient (Wildman–Crippen LogP) is 3.48. The van der Waals surface area contributed by atoms with Crippen LogP contribution < -0.4 is 0 Å². The van der Waals surface area contributed by atoms with Crippen molar-refractivity contribution in [3.63, 3.8) is 0 Å². The van der Waals surface area contributed by atoms with Gasteiger partial charge in [-0.2, -0.15) is 0 Å². The van der Waals surface area contributed by atoms with E-state index in [1.807, 2.05) is 25.2 Å². The summed E-state index contributed by atoms with van der Waals surface area (Å²) >= 11 is 0. The van der Waals surface area contributed by atoms with Gasteiger partial charge >= 0.3 is 0 Å². The van der Waals surface area contributed by atoms with Crippen molar-refractivity contribution in [2.24, 2.45) is 4.99 Å². The zero-order chi connectivity index (χ0) is 10.2. The first-order valence-electron chi connectivity index (χ1n) is 4.67. The second-order valence-electron chi connectivity index (χ2n) is 3.01. The van der Waals surface area contributed by atoms with Gasteiger partial charge in [-0.25, -0.2) is 0 Å². The monoisotopic (exact) mass is 185 g/mol. The van der Waals surface area contributed by atoms with Gasteiger partial charge < -0.3 is 0 Å². The van der Waals surface area contributed by atoms with Gasteiger partial charge in [-0.1, -0.05) is 48.6 Å². The fourth-order valence-corrected chi connectivity index (χ4v) is 1.14. The molecule has 1 aromatic rings. The summed E-state index contributed by atoms with van der Waals surface area (Å²) in [6, 6.07) is 8.31. The largest absolute Gasteiger partial charge is 0.296 e. The van der Waals surface area contributed by atoms with Crippen LogP contribution in [0, 0.1) is 0 Å². The molecule has 0 amide bonds. The third-order valence-corrected chi connectivity index (χ3v) is 1.87. The summed E-state index contributed by atoms with van der Waals surface area (Å²) in [5.41, 5.74) is 2.40. The highest BCUT2D eigenvalue weighted by Crippen LogP contribution is 2.07. The van der Waals surface area contributed by atoms with Gasteiger partial charge in [0.1, 0.15) is 0 Å². The molecule has 1 nitrogen and oxygen atoms in total. The summed E-state index contributed by atoms with van der Waals surface area (Å²) in [6.07, 6.45) is 8.12. The first kappa shape index (κ1) is 10.5. The number of benzene rings is 1. The summed E-state index contributed by atoms with van der Waals surface area (Å²) in [4.78, 5) is 3.83. The lowest BCUT2D eigenvalue weighted by Crippen LogP contribution is -1.80. The van der Waals surface area contributed by atoms with Crippen LogP contribution in [0.5, 0.6) is 0 Å². The first-order valence-corrected chi connectivity index (χ1v) is 4.67. The summed E-state index contributed by atoms with van der Waals surface area (Å²) in [5, 5.41) is 0. The third-order valence-electron chi connectivity index (χ3n) is 1.87. The highest BCUT2D eigenvalue weighted by molar-refractivity contribution is 5.51. The van der Waals surface area contributed by atoms with Gasteiger partial charge in [-0.05, 0) is 24.8 Å². The number of hydrogen-bond acceptors (Lipinski definition) is 1. The van der Waals surface area contributed by atoms with Gasteiger partial charge in [0.25, 0.3) is 0 Å². The second kappa shape index (κ2) is 5.92. The Labute approximate surface area is 85.5 Å². The maximum Gasteiger partial charge on any atom is 0.0632 e. The molecule has 1 heteroatoms. The number of allylic oxidation sites excluding steroid dienone is 3. The molecular weight excluding hydrogens is 170 g/mol. The molecule has 0 aliphatic heterocycles. The average Bonchev–Trinajstić information content (AvgIpc) is 2.21. The molecule has 0 bridgehead atoms. The molecule has 0 spiro atoms. The zero-order valence-corrected chi connectivity index (χ0v) is 8.48. The molecule has 1 aromatic carbocycles. The van der Waals surface area contributed by atoms with E-state index in [4.69, 9.17) is 0 Å². The Bertz CT molecular complexity index is 331. The summed E-state index contributed by atoms with van der Waals surface area (Å²) in [7, 11) is 0. The number of hydrogen-bond donors (Lipinski definition) is 0. The Morgan fingerprint density at radius 2 is 1.93 bits per heavy atom. The molecule has 0 heterocycles. The van der Waals surface area contributed by atoms with Crippen LogP contribution in [-0.4, -0.2) is 6.72 Å². The molecule has 1 rings (SSSR count). The number of nitrogens with zero attached hydrogens (tertiary/aromatic N) is 1. The Balaban J connectivity index is 2.68. The van der Waals surface area contributed by atoms with Crippen LogP contribution in [-0.2, 0) is 6.54 Å². The molecule has 0 radical (unpaired) electrons. The van der Waals surface area contributed by atoms with Gasteiger partial charge in [0.05, 0.1) is 6.54 Å². The van der Waals surface area contributed by atoms with Gasteiger partial charge in [-0.3, -0.25) is 4.99 Å². The second-order valence-corrected chi connectivity index (χ2v) is 3.01. The van der Waals surface area contributed by atoms with E-state index in [0.29, 0.717) is 6.54 Å². The van der Waals surface area contributed by atoms with E-state index in [1.165, 1.54) is 11.1 Å². The maximum absolute atomic E-state index is 3.83. The van der Waals surface area contributed by atoms with Crippen molar-refractivity contribution in [2.75, 3.05) is 0 Å². The lowest BCUT2D eigenvalue weighted by atomic mass is 10.1. The highest BCUT2D eigenvalue weighted by Gasteiger charge is 1.89. The predicted molar refractivity (Wildman–Crippen MR) is 63.5 cm³/mol. The molecule has 0 aliphatic carbocycles. The highest BCUT2D eigenvalue weighted by atomic mass is 14.7. The molecule has 72 valence electrons. The van der Waals surface area contributed by atoms with Crippen LogP contribution in [0.25, 0.3) is 6.08 Å². The zero-order valence-electron chi connectivity index (χ0n) is 8.48. The molecular formula is C13H15N. The average molecular weight is 185 g/mol. The Hall–Kier alpha value is -1.63. The SMILES string of the molecule is C=NCc1ccc(/C=C\C=C/C)cc1. The van der Waals surface area contributed by atoms with Gasteiger partial charge in [-0.15, -0.1) is 0 Å². The van der Waals surface area contributed by atoms with E-state index in [2.05, 4.69) is 42.1 Å².